The minimum absolute atomic E-state index is 0.0225. The van der Waals surface area contributed by atoms with E-state index in [9.17, 15) is 4.79 Å². The lowest BCUT2D eigenvalue weighted by molar-refractivity contribution is -0.000478. The highest BCUT2D eigenvalue weighted by molar-refractivity contribution is 5.90. The third-order valence-electron chi connectivity index (χ3n) is 4.95. The van der Waals surface area contributed by atoms with Crippen LogP contribution in [-0.2, 0) is 4.74 Å². The first-order valence-electron chi connectivity index (χ1n) is 7.77. The Kier molecular flexibility index (Phi) is 4.25. The SMILES string of the molecule is COc1ccc(C(=O)OC2C[C@H]3CC[C@H](C2)N3C)cc1OC. The van der Waals surface area contributed by atoms with Crippen molar-refractivity contribution in [3.05, 3.63) is 23.8 Å². The Balaban J connectivity index is 1.67. The van der Waals surface area contributed by atoms with Crippen LogP contribution in [0.4, 0.5) is 0 Å². The number of piperidine rings is 1. The molecular formula is C17H23NO4. The molecule has 5 heteroatoms. The molecule has 0 unspecified atom stereocenters. The smallest absolute Gasteiger partial charge is 0.338 e. The molecule has 0 radical (unpaired) electrons. The second-order valence-electron chi connectivity index (χ2n) is 6.12. The molecule has 2 heterocycles. The van der Waals surface area contributed by atoms with Crippen molar-refractivity contribution >= 4 is 5.97 Å². The summed E-state index contributed by atoms with van der Waals surface area (Å²) in [6, 6.07) is 6.23. The van der Waals surface area contributed by atoms with Gasteiger partial charge in [0.25, 0.3) is 0 Å². The number of carbonyl (C=O) groups excluding carboxylic acids is 1. The van der Waals surface area contributed by atoms with Crippen molar-refractivity contribution < 1.29 is 19.0 Å². The maximum Gasteiger partial charge on any atom is 0.338 e. The van der Waals surface area contributed by atoms with Crippen molar-refractivity contribution in [2.24, 2.45) is 0 Å². The molecule has 2 fully saturated rings. The van der Waals surface area contributed by atoms with E-state index in [-0.39, 0.29) is 12.1 Å². The van der Waals surface area contributed by atoms with Crippen LogP contribution < -0.4 is 9.47 Å². The standard InChI is InChI=1S/C17H23NO4/c1-18-12-5-6-13(18)10-14(9-12)22-17(19)11-4-7-15(20-2)16(8-11)21-3/h4,7-8,12-14H,5-6,9-10H2,1-3H3/t12-,13-/m1/s1. The third kappa shape index (κ3) is 2.77. The summed E-state index contributed by atoms with van der Waals surface area (Å²) >= 11 is 0. The highest BCUT2D eigenvalue weighted by atomic mass is 16.5. The average molecular weight is 305 g/mol. The number of hydrogen-bond acceptors (Lipinski definition) is 5. The molecule has 1 aromatic rings. The molecule has 120 valence electrons. The fourth-order valence-corrected chi connectivity index (χ4v) is 3.64. The van der Waals surface area contributed by atoms with Gasteiger partial charge in [-0.2, -0.15) is 0 Å². The van der Waals surface area contributed by atoms with Crippen LogP contribution in [0.5, 0.6) is 11.5 Å². The first-order valence-corrected chi connectivity index (χ1v) is 7.77. The second-order valence-corrected chi connectivity index (χ2v) is 6.12. The van der Waals surface area contributed by atoms with Gasteiger partial charge in [-0.05, 0) is 38.1 Å². The molecule has 2 bridgehead atoms. The maximum atomic E-state index is 12.4. The van der Waals surface area contributed by atoms with Gasteiger partial charge in [0.05, 0.1) is 19.8 Å². The highest BCUT2D eigenvalue weighted by Gasteiger charge is 2.39. The number of hydrogen-bond donors (Lipinski definition) is 0. The minimum atomic E-state index is -0.282. The molecule has 2 saturated heterocycles. The van der Waals surface area contributed by atoms with Gasteiger partial charge in [-0.3, -0.25) is 0 Å². The van der Waals surface area contributed by atoms with Crippen LogP contribution in [0.2, 0.25) is 0 Å². The van der Waals surface area contributed by atoms with E-state index >= 15 is 0 Å². The molecule has 0 aromatic heterocycles. The number of methoxy groups -OCH3 is 2. The number of nitrogens with zero attached hydrogens (tertiary/aromatic N) is 1. The summed E-state index contributed by atoms with van der Waals surface area (Å²) in [5.41, 5.74) is 0.504. The predicted octanol–water partition coefficient (Wildman–Crippen LogP) is 2.49. The molecule has 0 spiro atoms. The van der Waals surface area contributed by atoms with E-state index in [0.717, 1.165) is 12.8 Å². The van der Waals surface area contributed by atoms with Gasteiger partial charge in [0.1, 0.15) is 6.10 Å². The maximum absolute atomic E-state index is 12.4. The van der Waals surface area contributed by atoms with Gasteiger partial charge in [-0.15, -0.1) is 0 Å². The first-order chi connectivity index (χ1) is 10.6. The van der Waals surface area contributed by atoms with Gasteiger partial charge < -0.3 is 19.1 Å². The summed E-state index contributed by atoms with van der Waals surface area (Å²) < 4.78 is 16.1. The van der Waals surface area contributed by atoms with E-state index < -0.39 is 0 Å². The third-order valence-corrected chi connectivity index (χ3v) is 4.95. The Hall–Kier alpha value is -1.75. The van der Waals surface area contributed by atoms with Gasteiger partial charge in [-0.25, -0.2) is 4.79 Å². The topological polar surface area (TPSA) is 48.0 Å². The summed E-state index contributed by atoms with van der Waals surface area (Å²) in [6.45, 7) is 0. The van der Waals surface area contributed by atoms with Crippen LogP contribution in [0.1, 0.15) is 36.0 Å². The zero-order chi connectivity index (χ0) is 15.7. The Morgan fingerprint density at radius 1 is 1.09 bits per heavy atom. The van der Waals surface area contributed by atoms with E-state index in [2.05, 4.69) is 11.9 Å². The molecule has 0 aliphatic carbocycles. The molecule has 5 nitrogen and oxygen atoms in total. The van der Waals surface area contributed by atoms with Crippen molar-refractivity contribution in [1.82, 2.24) is 4.90 Å². The molecule has 2 aliphatic heterocycles. The molecule has 0 amide bonds. The Bertz CT molecular complexity index is 546. The van der Waals surface area contributed by atoms with Gasteiger partial charge in [-0.1, -0.05) is 0 Å². The quantitative estimate of drug-likeness (QED) is 0.800. The van der Waals surface area contributed by atoms with E-state index in [0.29, 0.717) is 29.1 Å². The molecule has 2 aliphatic rings. The van der Waals surface area contributed by atoms with Crippen LogP contribution in [-0.4, -0.2) is 50.3 Å². The fraction of sp³-hybridized carbons (Fsp3) is 0.588. The van der Waals surface area contributed by atoms with Crippen LogP contribution in [0.15, 0.2) is 18.2 Å². The van der Waals surface area contributed by atoms with Crippen molar-refractivity contribution in [1.29, 1.82) is 0 Å². The average Bonchev–Trinajstić information content (AvgIpc) is 2.76. The lowest BCUT2D eigenvalue weighted by atomic mass is 10.0. The summed E-state index contributed by atoms with van der Waals surface area (Å²) in [6.07, 6.45) is 4.32. The van der Waals surface area contributed by atoms with Crippen LogP contribution in [0.3, 0.4) is 0 Å². The highest BCUT2D eigenvalue weighted by Crippen LogP contribution is 2.36. The van der Waals surface area contributed by atoms with Gasteiger partial charge in [0.15, 0.2) is 11.5 Å². The van der Waals surface area contributed by atoms with Gasteiger partial charge in [0.2, 0.25) is 0 Å². The molecule has 1 aromatic carbocycles. The van der Waals surface area contributed by atoms with Crippen LogP contribution in [0.25, 0.3) is 0 Å². The monoisotopic (exact) mass is 305 g/mol. The van der Waals surface area contributed by atoms with E-state index in [1.165, 1.54) is 12.8 Å². The van der Waals surface area contributed by atoms with Crippen LogP contribution >= 0.6 is 0 Å². The number of fused-ring (bicyclic) bond motifs is 2. The minimum Gasteiger partial charge on any atom is -0.493 e. The van der Waals surface area contributed by atoms with E-state index in [1.54, 1.807) is 32.4 Å². The summed E-state index contributed by atoms with van der Waals surface area (Å²) in [7, 11) is 5.31. The number of benzene rings is 1. The van der Waals surface area contributed by atoms with Crippen LogP contribution in [0, 0.1) is 0 Å². The predicted molar refractivity (Wildman–Crippen MR) is 82.6 cm³/mol. The lowest BCUT2D eigenvalue weighted by Gasteiger charge is -2.35. The first kappa shape index (κ1) is 15.2. The number of carbonyl (C=O) groups is 1. The normalized spacial score (nSPS) is 27.5. The summed E-state index contributed by atoms with van der Waals surface area (Å²) in [4.78, 5) is 14.8. The summed E-state index contributed by atoms with van der Waals surface area (Å²) in [5.74, 6) is 0.867. The zero-order valence-electron chi connectivity index (χ0n) is 13.4. The lowest BCUT2D eigenvalue weighted by Crippen LogP contribution is -2.43. The molecule has 0 N–H and O–H groups in total. The van der Waals surface area contributed by atoms with Crippen molar-refractivity contribution in [2.75, 3.05) is 21.3 Å². The Morgan fingerprint density at radius 2 is 1.73 bits per heavy atom. The van der Waals surface area contributed by atoms with Crippen molar-refractivity contribution in [2.45, 2.75) is 43.9 Å². The second kappa shape index (κ2) is 6.16. The van der Waals surface area contributed by atoms with E-state index in [4.69, 9.17) is 14.2 Å². The molecule has 0 saturated carbocycles. The van der Waals surface area contributed by atoms with Gasteiger partial charge >= 0.3 is 5.97 Å². The molecule has 2 atom stereocenters. The molecule has 22 heavy (non-hydrogen) atoms. The Labute approximate surface area is 131 Å². The number of ether oxygens (including phenoxy) is 3. The number of esters is 1. The largest absolute Gasteiger partial charge is 0.493 e. The van der Waals surface area contributed by atoms with Crippen molar-refractivity contribution in [3.8, 4) is 11.5 Å². The number of rotatable bonds is 4. The summed E-state index contributed by atoms with van der Waals surface area (Å²) in [5, 5.41) is 0. The van der Waals surface area contributed by atoms with Crippen molar-refractivity contribution in [3.63, 3.8) is 0 Å². The molecule has 3 rings (SSSR count). The molecular weight excluding hydrogens is 282 g/mol. The van der Waals surface area contributed by atoms with Gasteiger partial charge in [0, 0.05) is 24.9 Å². The van der Waals surface area contributed by atoms with E-state index in [1.807, 2.05) is 0 Å². The fourth-order valence-electron chi connectivity index (χ4n) is 3.64. The zero-order valence-corrected chi connectivity index (χ0v) is 13.4. The Morgan fingerprint density at radius 3 is 2.32 bits per heavy atom.